The Kier molecular flexibility index (Phi) is 5.67. The van der Waals surface area contributed by atoms with Crippen LogP contribution < -0.4 is 14.0 Å². The Balaban J connectivity index is 1.20. The molecular formula is C56H47N5+2. The Labute approximate surface area is 355 Å². The van der Waals surface area contributed by atoms with Gasteiger partial charge in [0.1, 0.15) is 22.2 Å². The van der Waals surface area contributed by atoms with Gasteiger partial charge in [-0.15, -0.1) is 0 Å². The molecule has 0 radical (unpaired) electrons. The number of rotatable bonds is 2. The SMILES string of the molecule is CC1(C)c2ccccc2N2c3ccc4c5ccccc5n5c4c3C34c6c2c1cc1c2ccccc2n(c61)-c1cc(C2CCCCC2)cc([n+]13)-c1cc(C2CCCCC2)cc-5[n+]14. The number of para-hydroxylation sites is 3. The van der Waals surface area contributed by atoms with Gasteiger partial charge < -0.3 is 4.90 Å². The van der Waals surface area contributed by atoms with Crippen LogP contribution >= 0.6 is 0 Å². The molecule has 0 bridgehead atoms. The summed E-state index contributed by atoms with van der Waals surface area (Å²) in [6, 6.07) is 46.1. The van der Waals surface area contributed by atoms with E-state index in [0.29, 0.717) is 11.8 Å². The quantitative estimate of drug-likeness (QED) is 0.160. The molecule has 16 rings (SSSR count). The number of benzene rings is 5. The van der Waals surface area contributed by atoms with E-state index in [1.807, 2.05) is 0 Å². The first-order chi connectivity index (χ1) is 30.0. The van der Waals surface area contributed by atoms with Crippen LogP contribution in [-0.4, -0.2) is 9.13 Å². The monoisotopic (exact) mass is 789 g/mol. The average Bonchev–Trinajstić information content (AvgIpc) is 3.94. The Bertz CT molecular complexity index is 3530. The highest BCUT2D eigenvalue weighted by atomic mass is 15.4. The lowest BCUT2D eigenvalue weighted by Gasteiger charge is -2.49. The average molecular weight is 790 g/mol. The van der Waals surface area contributed by atoms with Crippen LogP contribution in [0.1, 0.15) is 123 Å². The van der Waals surface area contributed by atoms with E-state index in [2.05, 4.69) is 152 Å². The third-order valence-electron chi connectivity index (χ3n) is 17.1. The van der Waals surface area contributed by atoms with Crippen molar-refractivity contribution in [1.82, 2.24) is 9.13 Å². The molecule has 294 valence electrons. The summed E-state index contributed by atoms with van der Waals surface area (Å²) in [6.45, 7) is 4.95. The summed E-state index contributed by atoms with van der Waals surface area (Å²) in [5.74, 6) is 3.79. The number of aromatic nitrogens is 4. The second-order valence-electron chi connectivity index (χ2n) is 20.2. The van der Waals surface area contributed by atoms with Crippen LogP contribution in [0, 0.1) is 0 Å². The van der Waals surface area contributed by atoms with Gasteiger partial charge in [-0.1, -0.05) is 94.8 Å². The van der Waals surface area contributed by atoms with Gasteiger partial charge in [-0.2, -0.15) is 18.3 Å². The van der Waals surface area contributed by atoms with Crippen molar-refractivity contribution >= 4 is 60.7 Å². The highest BCUT2D eigenvalue weighted by Crippen LogP contribution is 2.65. The molecule has 0 N–H and O–H groups in total. The predicted molar refractivity (Wildman–Crippen MR) is 245 cm³/mol. The zero-order valence-electron chi connectivity index (χ0n) is 34.9. The second-order valence-corrected chi connectivity index (χ2v) is 20.2. The molecule has 5 aliphatic heterocycles. The van der Waals surface area contributed by atoms with Gasteiger partial charge in [0.25, 0.3) is 11.6 Å². The van der Waals surface area contributed by atoms with E-state index in [-0.39, 0.29) is 5.41 Å². The van der Waals surface area contributed by atoms with Crippen molar-refractivity contribution in [2.24, 2.45) is 0 Å². The Morgan fingerprint density at radius 3 is 1.69 bits per heavy atom. The Morgan fingerprint density at radius 2 is 1.05 bits per heavy atom. The molecular weight excluding hydrogens is 743 g/mol. The minimum atomic E-state index is -0.641. The summed E-state index contributed by atoms with van der Waals surface area (Å²) >= 11 is 0. The minimum Gasteiger partial charge on any atom is -0.308 e. The lowest BCUT2D eigenvalue weighted by Crippen LogP contribution is -2.76. The first-order valence-corrected chi connectivity index (χ1v) is 23.3. The standard InChI is InChI=1S/C56H47N5/c1-55(2)40-21-11-14-24-44(40)57-45-26-25-38-36-19-9-12-22-42(36)58-48-29-34(32-15-5-3-6-16-32)27-46-47-28-35(33-17-7-4-8-18-33)30-49-59-43-23-13-10-20-37(43)39-31-41(55)54(57)51(53(39)59)56(60(46)48,61(47)49)50(45)52(38)58/h9-14,19-33H,3-8,15-18H2,1-2H3/q+2. The summed E-state index contributed by atoms with van der Waals surface area (Å²) in [5.41, 5.74) is 19.9. The molecule has 61 heavy (non-hydrogen) atoms. The summed E-state index contributed by atoms with van der Waals surface area (Å²) in [6.07, 6.45) is 13.1. The van der Waals surface area contributed by atoms with Crippen LogP contribution in [0.25, 0.3) is 66.6 Å². The maximum Gasteiger partial charge on any atom is 0.319 e. The number of fused-ring (bicyclic) bond motifs is 12. The van der Waals surface area contributed by atoms with Gasteiger partial charge in [0, 0.05) is 39.1 Å². The molecule has 5 aromatic carbocycles. The fraction of sp³-hybridized carbons (Fsp3) is 0.286. The number of hydrogen-bond donors (Lipinski definition) is 0. The van der Waals surface area contributed by atoms with E-state index in [4.69, 9.17) is 0 Å². The third kappa shape index (κ3) is 3.48. The van der Waals surface area contributed by atoms with Crippen LogP contribution in [0.3, 0.4) is 0 Å². The highest BCUT2D eigenvalue weighted by Gasteiger charge is 2.70. The molecule has 1 atom stereocenters. The maximum atomic E-state index is 2.88. The van der Waals surface area contributed by atoms with Gasteiger partial charge in [0.2, 0.25) is 0 Å². The summed E-state index contributed by atoms with van der Waals surface area (Å²) in [7, 11) is 0. The van der Waals surface area contributed by atoms with Gasteiger partial charge in [-0.25, -0.2) is 0 Å². The summed E-state index contributed by atoms with van der Waals surface area (Å²) in [5, 5.41) is 5.40. The van der Waals surface area contributed by atoms with Gasteiger partial charge in [0.05, 0.1) is 17.1 Å². The molecule has 0 amide bonds. The molecule has 4 aromatic heterocycles. The second kappa shape index (κ2) is 10.6. The Hall–Kier alpha value is -6.20. The van der Waals surface area contributed by atoms with E-state index in [9.17, 15) is 0 Å². The molecule has 9 heterocycles. The van der Waals surface area contributed by atoms with Crippen molar-refractivity contribution in [3.05, 3.63) is 149 Å². The molecule has 5 heteroatoms. The first-order valence-electron chi connectivity index (χ1n) is 23.3. The van der Waals surface area contributed by atoms with Crippen LogP contribution in [0.15, 0.2) is 115 Å². The van der Waals surface area contributed by atoms with Crippen molar-refractivity contribution in [3.8, 4) is 23.0 Å². The van der Waals surface area contributed by atoms with Crippen LogP contribution in [0.4, 0.5) is 17.1 Å². The lowest BCUT2D eigenvalue weighted by atomic mass is 9.68. The zero-order chi connectivity index (χ0) is 39.7. The third-order valence-corrected chi connectivity index (χ3v) is 17.1. The van der Waals surface area contributed by atoms with E-state index >= 15 is 0 Å². The van der Waals surface area contributed by atoms with Crippen molar-refractivity contribution in [3.63, 3.8) is 0 Å². The van der Waals surface area contributed by atoms with Gasteiger partial charge in [0.15, 0.2) is 22.4 Å². The van der Waals surface area contributed by atoms with Gasteiger partial charge >= 0.3 is 5.66 Å². The molecule has 5 nitrogen and oxygen atoms in total. The Morgan fingerprint density at radius 1 is 0.492 bits per heavy atom. The van der Waals surface area contributed by atoms with Crippen LogP contribution in [0.2, 0.25) is 0 Å². The summed E-state index contributed by atoms with van der Waals surface area (Å²) in [4.78, 5) is 2.70. The number of pyridine rings is 2. The fourth-order valence-corrected chi connectivity index (χ4v) is 14.5. The predicted octanol–water partition coefficient (Wildman–Crippen LogP) is 12.9. The topological polar surface area (TPSA) is 20.9 Å². The minimum absolute atomic E-state index is 0.226. The molecule has 2 saturated carbocycles. The van der Waals surface area contributed by atoms with Gasteiger partial charge in [-0.05, 0) is 120 Å². The van der Waals surface area contributed by atoms with E-state index in [1.54, 1.807) is 0 Å². The fourth-order valence-electron chi connectivity index (χ4n) is 14.5. The molecule has 1 unspecified atom stereocenters. The zero-order valence-corrected chi connectivity index (χ0v) is 34.9. The molecule has 9 aromatic rings. The van der Waals surface area contributed by atoms with Crippen molar-refractivity contribution in [2.75, 3.05) is 4.90 Å². The molecule has 7 aliphatic rings. The van der Waals surface area contributed by atoms with Crippen molar-refractivity contribution in [2.45, 2.75) is 101 Å². The van der Waals surface area contributed by atoms with Crippen molar-refractivity contribution < 1.29 is 9.13 Å². The molecule has 1 spiro atoms. The van der Waals surface area contributed by atoms with Crippen LogP contribution in [0.5, 0.6) is 0 Å². The van der Waals surface area contributed by atoms with E-state index < -0.39 is 5.66 Å². The molecule has 2 aliphatic carbocycles. The van der Waals surface area contributed by atoms with Crippen molar-refractivity contribution in [1.29, 1.82) is 0 Å². The highest BCUT2D eigenvalue weighted by molar-refractivity contribution is 6.17. The summed E-state index contributed by atoms with van der Waals surface area (Å²) < 4.78 is 11.2. The largest absolute Gasteiger partial charge is 0.319 e. The molecule has 0 saturated heterocycles. The number of hydrogen-bond acceptors (Lipinski definition) is 1. The number of anilines is 3. The first kappa shape index (κ1) is 32.6. The smallest absolute Gasteiger partial charge is 0.308 e. The lowest BCUT2D eigenvalue weighted by molar-refractivity contribution is -0.934. The normalized spacial score (nSPS) is 21.0. The van der Waals surface area contributed by atoms with Crippen LogP contribution in [-0.2, 0) is 11.1 Å². The van der Waals surface area contributed by atoms with E-state index in [0.717, 1.165) is 0 Å². The molecule has 2 fully saturated rings. The van der Waals surface area contributed by atoms with Gasteiger partial charge in [-0.3, -0.25) is 0 Å². The number of nitrogens with zero attached hydrogens (tertiary/aromatic N) is 5. The maximum absolute atomic E-state index is 2.88. The van der Waals surface area contributed by atoms with E-state index in [1.165, 1.54) is 181 Å².